The van der Waals surface area contributed by atoms with Crippen molar-refractivity contribution >= 4 is 22.5 Å². The molecule has 0 amide bonds. The second kappa shape index (κ2) is 8.95. The van der Waals surface area contributed by atoms with Gasteiger partial charge in [-0.3, -0.25) is 4.68 Å². The number of likely N-dealkylation sites (N-methyl/N-ethyl adjacent to an activating group) is 2. The predicted molar refractivity (Wildman–Crippen MR) is 117 cm³/mol. The molecular weight excluding hydrogens is 375 g/mol. The first-order chi connectivity index (χ1) is 13.3. The largest absolute Gasteiger partial charge is 0.310 e. The molecule has 0 radical (unpaired) electrons. The number of hydrogen-bond acceptors (Lipinski definition) is 3. The summed E-state index contributed by atoms with van der Waals surface area (Å²) in [5.74, 6) is -0.228. The number of aromatic nitrogens is 1. The van der Waals surface area contributed by atoms with Gasteiger partial charge in [0, 0.05) is 48.3 Å². The van der Waals surface area contributed by atoms with Gasteiger partial charge in [-0.1, -0.05) is 23.7 Å². The fourth-order valence-electron chi connectivity index (χ4n) is 3.24. The van der Waals surface area contributed by atoms with Crippen molar-refractivity contribution in [1.82, 2.24) is 14.5 Å². The minimum atomic E-state index is -0.228. The summed E-state index contributed by atoms with van der Waals surface area (Å²) < 4.78 is 16.2. The topological polar surface area (TPSA) is 14.7 Å². The molecule has 1 heterocycles. The molecule has 6 heteroatoms. The third-order valence-corrected chi connectivity index (χ3v) is 5.07. The molecule has 2 aromatic carbocycles. The molecule has 4 nitrogen and oxygen atoms in total. The Morgan fingerprint density at radius 1 is 0.857 bits per heavy atom. The van der Waals surface area contributed by atoms with Crippen LogP contribution >= 0.6 is 11.6 Å². The zero-order chi connectivity index (χ0) is 20.3. The average molecular weight is 403 g/mol. The third-order valence-electron chi connectivity index (χ3n) is 4.82. The van der Waals surface area contributed by atoms with Crippen LogP contribution in [0.5, 0.6) is 0 Å². The first-order valence-electron chi connectivity index (χ1n) is 9.46. The molecular formula is C22H28ClFN4. The van der Waals surface area contributed by atoms with Gasteiger partial charge in [0.1, 0.15) is 5.82 Å². The SMILES string of the molecule is CN(C)CCN(CCN(C)C)n1cc(-c2ccc(Cl)cc2)c2cc(F)ccc21. The molecule has 0 unspecified atom stereocenters. The maximum absolute atomic E-state index is 14.1. The van der Waals surface area contributed by atoms with E-state index in [0.29, 0.717) is 5.02 Å². The summed E-state index contributed by atoms with van der Waals surface area (Å²) in [6.45, 7) is 3.62. The van der Waals surface area contributed by atoms with Gasteiger partial charge in [-0.15, -0.1) is 0 Å². The number of nitrogens with zero attached hydrogens (tertiary/aromatic N) is 4. The number of benzene rings is 2. The van der Waals surface area contributed by atoms with Gasteiger partial charge in [0.15, 0.2) is 0 Å². The quantitative estimate of drug-likeness (QED) is 0.562. The lowest BCUT2D eigenvalue weighted by Crippen LogP contribution is -2.43. The molecule has 1 aromatic heterocycles. The van der Waals surface area contributed by atoms with Crippen LogP contribution in [-0.4, -0.2) is 68.8 Å². The van der Waals surface area contributed by atoms with Gasteiger partial charge in [-0.05, 0) is 64.1 Å². The lowest BCUT2D eigenvalue weighted by atomic mass is 10.1. The van der Waals surface area contributed by atoms with Crippen LogP contribution in [0.15, 0.2) is 48.7 Å². The number of halogens is 2. The zero-order valence-corrected chi connectivity index (χ0v) is 17.7. The molecule has 0 fully saturated rings. The first-order valence-corrected chi connectivity index (χ1v) is 9.84. The van der Waals surface area contributed by atoms with Crippen molar-refractivity contribution in [2.45, 2.75) is 0 Å². The Hall–Kier alpha value is -2.08. The summed E-state index contributed by atoms with van der Waals surface area (Å²) >= 11 is 6.06. The normalized spacial score (nSPS) is 11.7. The highest BCUT2D eigenvalue weighted by Gasteiger charge is 2.16. The van der Waals surface area contributed by atoms with E-state index in [-0.39, 0.29) is 5.82 Å². The van der Waals surface area contributed by atoms with Crippen LogP contribution in [0.4, 0.5) is 4.39 Å². The van der Waals surface area contributed by atoms with Crippen LogP contribution in [-0.2, 0) is 0 Å². The number of rotatable bonds is 8. The van der Waals surface area contributed by atoms with Gasteiger partial charge in [0.2, 0.25) is 0 Å². The number of hydrogen-bond donors (Lipinski definition) is 0. The summed E-state index contributed by atoms with van der Waals surface area (Å²) in [4.78, 5) is 4.35. The molecule has 28 heavy (non-hydrogen) atoms. The minimum absolute atomic E-state index is 0.228. The van der Waals surface area contributed by atoms with E-state index in [1.807, 2.05) is 30.3 Å². The van der Waals surface area contributed by atoms with Crippen molar-refractivity contribution in [2.24, 2.45) is 0 Å². The second-order valence-corrected chi connectivity index (χ2v) is 8.05. The van der Waals surface area contributed by atoms with Crippen LogP contribution in [0.3, 0.4) is 0 Å². The highest BCUT2D eigenvalue weighted by molar-refractivity contribution is 6.30. The molecule has 0 saturated carbocycles. The monoisotopic (exact) mass is 402 g/mol. The van der Waals surface area contributed by atoms with Crippen molar-refractivity contribution in [3.05, 3.63) is 59.5 Å². The lowest BCUT2D eigenvalue weighted by Gasteiger charge is -2.29. The van der Waals surface area contributed by atoms with E-state index in [9.17, 15) is 4.39 Å². The molecule has 150 valence electrons. The van der Waals surface area contributed by atoms with Gasteiger partial charge < -0.3 is 14.8 Å². The Labute approximate surface area is 171 Å². The lowest BCUT2D eigenvalue weighted by molar-refractivity contribution is 0.368. The van der Waals surface area contributed by atoms with Crippen molar-refractivity contribution in [3.8, 4) is 11.1 Å². The maximum Gasteiger partial charge on any atom is 0.123 e. The molecule has 0 saturated heterocycles. The average Bonchev–Trinajstić information content (AvgIpc) is 3.00. The van der Waals surface area contributed by atoms with Crippen molar-refractivity contribution in [3.63, 3.8) is 0 Å². The number of fused-ring (bicyclic) bond motifs is 1. The molecule has 0 atom stereocenters. The zero-order valence-electron chi connectivity index (χ0n) is 17.0. The van der Waals surface area contributed by atoms with Gasteiger partial charge >= 0.3 is 0 Å². The van der Waals surface area contributed by atoms with E-state index >= 15 is 0 Å². The van der Waals surface area contributed by atoms with Gasteiger partial charge in [-0.2, -0.15) is 0 Å². The van der Waals surface area contributed by atoms with Crippen LogP contribution in [0.2, 0.25) is 5.02 Å². The van der Waals surface area contributed by atoms with Gasteiger partial charge in [0.25, 0.3) is 0 Å². The Bertz CT molecular complexity index is 906. The molecule has 0 N–H and O–H groups in total. The van der Waals surface area contributed by atoms with Crippen LogP contribution in [0.1, 0.15) is 0 Å². The Morgan fingerprint density at radius 2 is 1.46 bits per heavy atom. The summed E-state index contributed by atoms with van der Waals surface area (Å²) in [7, 11) is 8.30. The van der Waals surface area contributed by atoms with Crippen LogP contribution in [0, 0.1) is 5.82 Å². The summed E-state index contributed by atoms with van der Waals surface area (Å²) in [5, 5.41) is 3.92. The first kappa shape index (κ1) is 20.6. The van der Waals surface area contributed by atoms with E-state index in [4.69, 9.17) is 11.6 Å². The fourth-order valence-corrected chi connectivity index (χ4v) is 3.36. The molecule has 3 aromatic rings. The van der Waals surface area contributed by atoms with E-state index < -0.39 is 0 Å². The summed E-state index contributed by atoms with van der Waals surface area (Å²) in [6.07, 6.45) is 2.11. The molecule has 3 rings (SSSR count). The molecule has 0 bridgehead atoms. The summed E-state index contributed by atoms with van der Waals surface area (Å²) in [6, 6.07) is 12.7. The Kier molecular flexibility index (Phi) is 6.60. The highest BCUT2D eigenvalue weighted by Crippen LogP contribution is 2.32. The molecule has 0 aliphatic rings. The Balaban J connectivity index is 2.08. The van der Waals surface area contributed by atoms with Gasteiger partial charge in [-0.25, -0.2) is 4.39 Å². The fraction of sp³-hybridized carbons (Fsp3) is 0.364. The third kappa shape index (κ3) is 4.85. The summed E-state index contributed by atoms with van der Waals surface area (Å²) in [5.41, 5.74) is 3.04. The smallest absolute Gasteiger partial charge is 0.123 e. The molecule has 0 aliphatic heterocycles. The van der Waals surface area contributed by atoms with Crippen molar-refractivity contribution in [1.29, 1.82) is 0 Å². The molecule has 0 spiro atoms. The van der Waals surface area contributed by atoms with E-state index in [0.717, 1.165) is 48.2 Å². The highest BCUT2D eigenvalue weighted by atomic mass is 35.5. The van der Waals surface area contributed by atoms with Crippen LogP contribution in [0.25, 0.3) is 22.0 Å². The van der Waals surface area contributed by atoms with Crippen molar-refractivity contribution < 1.29 is 4.39 Å². The predicted octanol–water partition coefficient (Wildman–Crippen LogP) is 4.16. The van der Waals surface area contributed by atoms with E-state index in [1.54, 1.807) is 6.07 Å². The maximum atomic E-state index is 14.1. The van der Waals surface area contributed by atoms with Crippen molar-refractivity contribution in [2.75, 3.05) is 59.4 Å². The van der Waals surface area contributed by atoms with Crippen LogP contribution < -0.4 is 5.01 Å². The minimum Gasteiger partial charge on any atom is -0.310 e. The second-order valence-electron chi connectivity index (χ2n) is 7.62. The standard InChI is InChI=1S/C22H28ClFN4/c1-25(2)11-13-27(14-12-26(3)4)28-16-21(17-5-7-18(23)8-6-17)20-15-19(24)9-10-22(20)28/h5-10,15-16H,11-14H2,1-4H3. The Morgan fingerprint density at radius 3 is 2.04 bits per heavy atom. The van der Waals surface area contributed by atoms with E-state index in [2.05, 4.69) is 53.9 Å². The van der Waals surface area contributed by atoms with E-state index in [1.165, 1.54) is 6.07 Å². The molecule has 0 aliphatic carbocycles. The van der Waals surface area contributed by atoms with Gasteiger partial charge in [0.05, 0.1) is 5.52 Å².